The summed E-state index contributed by atoms with van der Waals surface area (Å²) in [5.41, 5.74) is 5.82. The quantitative estimate of drug-likeness (QED) is 0.848. The van der Waals surface area contributed by atoms with Crippen LogP contribution < -0.4 is 5.73 Å². The molecule has 2 rings (SSSR count). The summed E-state index contributed by atoms with van der Waals surface area (Å²) in [6.07, 6.45) is 6.27. The van der Waals surface area contributed by atoms with Gasteiger partial charge in [-0.15, -0.1) is 0 Å². The number of piperidine rings is 1. The third-order valence-electron chi connectivity index (χ3n) is 4.49. The van der Waals surface area contributed by atoms with E-state index in [1.54, 1.807) is 8.61 Å². The van der Waals surface area contributed by atoms with Crippen molar-refractivity contribution < 1.29 is 8.42 Å². The van der Waals surface area contributed by atoms with E-state index in [1.165, 1.54) is 0 Å². The molecular formula is C13H27N3O2S. The zero-order valence-corrected chi connectivity index (χ0v) is 12.7. The molecule has 0 spiro atoms. The normalized spacial score (nSPS) is 32.1. The van der Waals surface area contributed by atoms with Crippen LogP contribution in [0.4, 0.5) is 0 Å². The van der Waals surface area contributed by atoms with Crippen molar-refractivity contribution in [1.29, 1.82) is 0 Å². The van der Waals surface area contributed by atoms with Gasteiger partial charge >= 0.3 is 0 Å². The van der Waals surface area contributed by atoms with Crippen molar-refractivity contribution in [2.45, 2.75) is 51.5 Å². The lowest BCUT2D eigenvalue weighted by atomic mass is 9.93. The van der Waals surface area contributed by atoms with Gasteiger partial charge in [-0.3, -0.25) is 0 Å². The van der Waals surface area contributed by atoms with E-state index < -0.39 is 10.2 Å². The second kappa shape index (κ2) is 6.52. The molecule has 0 aromatic carbocycles. The predicted molar refractivity (Wildman–Crippen MR) is 76.9 cm³/mol. The van der Waals surface area contributed by atoms with Crippen molar-refractivity contribution >= 4 is 10.2 Å². The van der Waals surface area contributed by atoms with Crippen molar-refractivity contribution in [3.8, 4) is 0 Å². The summed E-state index contributed by atoms with van der Waals surface area (Å²) < 4.78 is 29.0. The highest BCUT2D eigenvalue weighted by Gasteiger charge is 2.38. The monoisotopic (exact) mass is 289 g/mol. The van der Waals surface area contributed by atoms with Crippen LogP contribution in [0.2, 0.25) is 0 Å². The van der Waals surface area contributed by atoms with Gasteiger partial charge < -0.3 is 5.73 Å². The van der Waals surface area contributed by atoms with Crippen LogP contribution in [0, 0.1) is 5.92 Å². The van der Waals surface area contributed by atoms with Crippen LogP contribution in [0.1, 0.15) is 45.4 Å². The molecule has 2 aliphatic heterocycles. The van der Waals surface area contributed by atoms with Gasteiger partial charge in [-0.05, 0) is 31.6 Å². The Hall–Kier alpha value is -0.170. The third-order valence-corrected chi connectivity index (χ3v) is 6.56. The van der Waals surface area contributed by atoms with Crippen LogP contribution in [0.25, 0.3) is 0 Å². The molecule has 5 nitrogen and oxygen atoms in total. The van der Waals surface area contributed by atoms with E-state index in [1.807, 2.05) is 0 Å². The highest BCUT2D eigenvalue weighted by Crippen LogP contribution is 2.27. The highest BCUT2D eigenvalue weighted by molar-refractivity contribution is 7.86. The molecule has 2 fully saturated rings. The number of hydrogen-bond donors (Lipinski definition) is 1. The first kappa shape index (κ1) is 15.2. The summed E-state index contributed by atoms with van der Waals surface area (Å²) in [6.45, 7) is 4.51. The Labute approximate surface area is 117 Å². The van der Waals surface area contributed by atoms with Crippen molar-refractivity contribution in [3.05, 3.63) is 0 Å². The van der Waals surface area contributed by atoms with Crippen molar-refractivity contribution in [2.75, 3.05) is 26.2 Å². The third kappa shape index (κ3) is 3.29. The molecular weight excluding hydrogens is 262 g/mol. The second-order valence-electron chi connectivity index (χ2n) is 5.85. The summed E-state index contributed by atoms with van der Waals surface area (Å²) >= 11 is 0. The largest absolute Gasteiger partial charge is 0.329 e. The Bertz CT molecular complexity index is 377. The number of rotatable bonds is 3. The average Bonchev–Trinajstić information content (AvgIpc) is 2.67. The molecule has 2 saturated heterocycles. The van der Waals surface area contributed by atoms with Gasteiger partial charge in [0, 0.05) is 32.2 Å². The molecule has 2 heterocycles. The van der Waals surface area contributed by atoms with Gasteiger partial charge in [0.25, 0.3) is 10.2 Å². The fraction of sp³-hybridized carbons (Fsp3) is 1.00. The van der Waals surface area contributed by atoms with E-state index in [0.717, 1.165) is 38.5 Å². The van der Waals surface area contributed by atoms with Crippen LogP contribution >= 0.6 is 0 Å². The van der Waals surface area contributed by atoms with Gasteiger partial charge in [0.2, 0.25) is 0 Å². The molecule has 2 N–H and O–H groups in total. The molecule has 0 aliphatic carbocycles. The van der Waals surface area contributed by atoms with E-state index >= 15 is 0 Å². The summed E-state index contributed by atoms with van der Waals surface area (Å²) in [5, 5.41) is 0. The Morgan fingerprint density at radius 3 is 2.26 bits per heavy atom. The fourth-order valence-corrected chi connectivity index (χ4v) is 5.28. The van der Waals surface area contributed by atoms with Gasteiger partial charge in [0.15, 0.2) is 0 Å². The summed E-state index contributed by atoms with van der Waals surface area (Å²) in [7, 11) is -3.32. The van der Waals surface area contributed by atoms with Gasteiger partial charge in [-0.25, -0.2) is 0 Å². The molecule has 6 heteroatoms. The molecule has 0 radical (unpaired) electrons. The maximum absolute atomic E-state index is 12.8. The standard InChI is InChI=1S/C13H27N3O2S/c1-12-7-6-10-16(13(12)11-14)19(17,18)15-8-4-2-3-5-9-15/h12-13H,2-11,14H2,1H3/t12-,13+/m1/s1. The molecule has 0 saturated carbocycles. The fourth-order valence-electron chi connectivity index (χ4n) is 3.27. The molecule has 0 aromatic rings. The van der Waals surface area contributed by atoms with Gasteiger partial charge in [-0.2, -0.15) is 17.0 Å². The average molecular weight is 289 g/mol. The number of nitrogens with two attached hydrogens (primary N) is 1. The lowest BCUT2D eigenvalue weighted by Gasteiger charge is -2.40. The molecule has 2 aliphatic rings. The molecule has 2 atom stereocenters. The molecule has 0 unspecified atom stereocenters. The summed E-state index contributed by atoms with van der Waals surface area (Å²) in [5.74, 6) is 0.362. The number of hydrogen-bond acceptors (Lipinski definition) is 3. The first-order valence-electron chi connectivity index (χ1n) is 7.54. The maximum Gasteiger partial charge on any atom is 0.282 e. The van der Waals surface area contributed by atoms with Crippen molar-refractivity contribution in [1.82, 2.24) is 8.61 Å². The van der Waals surface area contributed by atoms with Gasteiger partial charge in [-0.1, -0.05) is 19.8 Å². The number of nitrogens with zero attached hydrogens (tertiary/aromatic N) is 2. The van der Waals surface area contributed by atoms with Crippen LogP contribution in [0.15, 0.2) is 0 Å². The minimum absolute atomic E-state index is 0.0259. The Balaban J connectivity index is 2.16. The lowest BCUT2D eigenvalue weighted by molar-refractivity contribution is 0.180. The Morgan fingerprint density at radius 1 is 1.05 bits per heavy atom. The Kier molecular flexibility index (Phi) is 5.22. The van der Waals surface area contributed by atoms with Gasteiger partial charge in [0.05, 0.1) is 0 Å². The maximum atomic E-state index is 12.8. The van der Waals surface area contributed by atoms with Crippen LogP contribution in [0.5, 0.6) is 0 Å². The molecule has 0 bridgehead atoms. The smallest absolute Gasteiger partial charge is 0.282 e. The second-order valence-corrected chi connectivity index (χ2v) is 7.74. The Morgan fingerprint density at radius 2 is 1.68 bits per heavy atom. The van der Waals surface area contributed by atoms with Crippen LogP contribution in [-0.2, 0) is 10.2 Å². The topological polar surface area (TPSA) is 66.6 Å². The summed E-state index contributed by atoms with van der Waals surface area (Å²) in [4.78, 5) is 0. The zero-order valence-electron chi connectivity index (χ0n) is 11.9. The van der Waals surface area contributed by atoms with Crippen LogP contribution in [0.3, 0.4) is 0 Å². The minimum Gasteiger partial charge on any atom is -0.329 e. The lowest BCUT2D eigenvalue weighted by Crippen LogP contribution is -2.55. The minimum atomic E-state index is -3.32. The zero-order chi connectivity index (χ0) is 13.9. The van der Waals surface area contributed by atoms with E-state index in [-0.39, 0.29) is 6.04 Å². The first-order valence-corrected chi connectivity index (χ1v) is 8.94. The van der Waals surface area contributed by atoms with E-state index in [2.05, 4.69) is 6.92 Å². The van der Waals surface area contributed by atoms with Crippen molar-refractivity contribution in [3.63, 3.8) is 0 Å². The molecule has 0 aromatic heterocycles. The van der Waals surface area contributed by atoms with Crippen molar-refractivity contribution in [2.24, 2.45) is 11.7 Å². The van der Waals surface area contributed by atoms with E-state index in [0.29, 0.717) is 32.1 Å². The molecule has 0 amide bonds. The van der Waals surface area contributed by atoms with Gasteiger partial charge in [0.1, 0.15) is 0 Å². The highest BCUT2D eigenvalue weighted by atomic mass is 32.2. The molecule has 19 heavy (non-hydrogen) atoms. The SMILES string of the molecule is C[C@@H]1CCCN(S(=O)(=O)N2CCCCCC2)[C@H]1CN. The van der Waals surface area contributed by atoms with E-state index in [9.17, 15) is 8.42 Å². The molecule has 112 valence electrons. The first-order chi connectivity index (χ1) is 9.07. The predicted octanol–water partition coefficient (Wildman–Crippen LogP) is 1.17. The summed E-state index contributed by atoms with van der Waals surface area (Å²) in [6, 6.07) is -0.0259. The van der Waals surface area contributed by atoms with E-state index in [4.69, 9.17) is 5.73 Å². The van der Waals surface area contributed by atoms with Crippen LogP contribution in [-0.4, -0.2) is 49.2 Å².